The van der Waals surface area contributed by atoms with Gasteiger partial charge in [-0.1, -0.05) is 67.3 Å². The van der Waals surface area contributed by atoms with E-state index in [1.807, 2.05) is 73.7 Å². The van der Waals surface area contributed by atoms with Crippen LogP contribution in [-0.4, -0.2) is 5.91 Å². The van der Waals surface area contributed by atoms with E-state index in [1.165, 1.54) is 0 Å². The standard InChI is InChI=1S/C21H20N2O/c1-3-9-17(2)19-12-7-8-13-20(19)23(21(24)14-15-22)16-18-10-5-4-6-11-18/h3-13H,1,14,16H2,2H3/b17-9-. The lowest BCUT2D eigenvalue weighted by Crippen LogP contribution is -2.30. The third-order valence-corrected chi connectivity index (χ3v) is 3.70. The Bertz CT molecular complexity index is 785. The highest BCUT2D eigenvalue weighted by Gasteiger charge is 2.19. The molecule has 3 nitrogen and oxygen atoms in total. The van der Waals surface area contributed by atoms with Gasteiger partial charge in [-0.15, -0.1) is 0 Å². The van der Waals surface area contributed by atoms with Crippen molar-refractivity contribution in [3.63, 3.8) is 0 Å². The Balaban J connectivity index is 2.48. The molecule has 0 aromatic heterocycles. The molecule has 2 aromatic carbocycles. The van der Waals surface area contributed by atoms with E-state index in [9.17, 15) is 4.79 Å². The van der Waals surface area contributed by atoms with Crippen LogP contribution in [0.15, 0.2) is 73.3 Å². The van der Waals surface area contributed by atoms with Crippen molar-refractivity contribution in [3.05, 3.63) is 84.5 Å². The molecule has 24 heavy (non-hydrogen) atoms. The fourth-order valence-corrected chi connectivity index (χ4v) is 2.55. The number of carbonyl (C=O) groups excluding carboxylic acids is 1. The van der Waals surface area contributed by atoms with Crippen molar-refractivity contribution in [3.8, 4) is 6.07 Å². The molecule has 0 aliphatic carbocycles. The van der Waals surface area contributed by atoms with Gasteiger partial charge in [-0.3, -0.25) is 4.79 Å². The SMILES string of the molecule is C=C/C=C(/C)c1ccccc1N(Cc1ccccc1)C(=O)CC#N. The monoisotopic (exact) mass is 316 g/mol. The average Bonchev–Trinajstić information content (AvgIpc) is 2.61. The van der Waals surface area contributed by atoms with Gasteiger partial charge in [0.2, 0.25) is 5.91 Å². The smallest absolute Gasteiger partial charge is 0.241 e. The Morgan fingerprint density at radius 2 is 1.83 bits per heavy atom. The molecule has 0 saturated carbocycles. The first-order chi connectivity index (χ1) is 11.7. The van der Waals surface area contributed by atoms with Gasteiger partial charge < -0.3 is 4.90 Å². The minimum absolute atomic E-state index is 0.147. The van der Waals surface area contributed by atoms with Crippen molar-refractivity contribution in [2.75, 3.05) is 4.90 Å². The van der Waals surface area contributed by atoms with E-state index in [4.69, 9.17) is 5.26 Å². The fraction of sp³-hybridized carbons (Fsp3) is 0.143. The summed E-state index contributed by atoms with van der Waals surface area (Å²) in [6.07, 6.45) is 3.49. The molecule has 3 heteroatoms. The molecule has 0 aliphatic heterocycles. The summed E-state index contributed by atoms with van der Waals surface area (Å²) in [6, 6.07) is 19.5. The van der Waals surface area contributed by atoms with Crippen LogP contribution in [0.2, 0.25) is 0 Å². The molecular weight excluding hydrogens is 296 g/mol. The molecule has 0 atom stereocenters. The van der Waals surface area contributed by atoms with E-state index < -0.39 is 0 Å². The molecule has 120 valence electrons. The molecule has 0 aliphatic rings. The van der Waals surface area contributed by atoms with Gasteiger partial charge in [-0.05, 0) is 24.1 Å². The maximum atomic E-state index is 12.5. The zero-order valence-electron chi connectivity index (χ0n) is 13.8. The minimum Gasteiger partial charge on any atom is -0.306 e. The Morgan fingerprint density at radius 3 is 2.50 bits per heavy atom. The number of nitriles is 1. The van der Waals surface area contributed by atoms with Crippen LogP contribution in [0.25, 0.3) is 5.57 Å². The van der Waals surface area contributed by atoms with Crippen LogP contribution >= 0.6 is 0 Å². The first-order valence-electron chi connectivity index (χ1n) is 7.77. The lowest BCUT2D eigenvalue weighted by atomic mass is 10.0. The van der Waals surface area contributed by atoms with Crippen LogP contribution in [0, 0.1) is 11.3 Å². The third kappa shape index (κ3) is 4.21. The van der Waals surface area contributed by atoms with E-state index in [-0.39, 0.29) is 12.3 Å². The Labute approximate surface area is 143 Å². The van der Waals surface area contributed by atoms with Crippen molar-refractivity contribution in [2.45, 2.75) is 19.9 Å². The number of hydrogen-bond acceptors (Lipinski definition) is 2. The van der Waals surface area contributed by atoms with Crippen molar-refractivity contribution < 1.29 is 4.79 Å². The predicted molar refractivity (Wildman–Crippen MR) is 98.2 cm³/mol. The number of hydrogen-bond donors (Lipinski definition) is 0. The molecule has 0 spiro atoms. The number of allylic oxidation sites excluding steroid dienone is 3. The molecule has 2 aromatic rings. The topological polar surface area (TPSA) is 44.1 Å². The summed E-state index contributed by atoms with van der Waals surface area (Å²) in [6.45, 7) is 6.15. The lowest BCUT2D eigenvalue weighted by molar-refractivity contribution is -0.117. The van der Waals surface area contributed by atoms with Crippen LogP contribution in [0.4, 0.5) is 5.69 Å². The van der Waals surface area contributed by atoms with Crippen molar-refractivity contribution in [1.29, 1.82) is 5.26 Å². The lowest BCUT2D eigenvalue weighted by Gasteiger charge is -2.25. The maximum Gasteiger partial charge on any atom is 0.241 e. The zero-order chi connectivity index (χ0) is 17.4. The van der Waals surface area contributed by atoms with Crippen molar-refractivity contribution in [1.82, 2.24) is 0 Å². The summed E-state index contributed by atoms with van der Waals surface area (Å²) >= 11 is 0. The van der Waals surface area contributed by atoms with Crippen molar-refractivity contribution in [2.24, 2.45) is 0 Å². The second-order valence-corrected chi connectivity index (χ2v) is 5.40. The van der Waals surface area contributed by atoms with Gasteiger partial charge in [0.25, 0.3) is 0 Å². The molecule has 2 rings (SSSR count). The van der Waals surface area contributed by atoms with E-state index in [1.54, 1.807) is 11.0 Å². The summed E-state index contributed by atoms with van der Waals surface area (Å²) in [4.78, 5) is 14.2. The van der Waals surface area contributed by atoms with Crippen LogP contribution in [0.5, 0.6) is 0 Å². The summed E-state index contributed by atoms with van der Waals surface area (Å²) < 4.78 is 0. The highest BCUT2D eigenvalue weighted by molar-refractivity contribution is 5.97. The van der Waals surface area contributed by atoms with E-state index in [0.717, 1.165) is 22.4 Å². The van der Waals surface area contributed by atoms with Crippen LogP contribution < -0.4 is 4.90 Å². The highest BCUT2D eigenvalue weighted by Crippen LogP contribution is 2.29. The fourth-order valence-electron chi connectivity index (χ4n) is 2.55. The number of benzene rings is 2. The second kappa shape index (κ2) is 8.50. The van der Waals surface area contributed by atoms with Gasteiger partial charge in [-0.2, -0.15) is 5.26 Å². The van der Waals surface area contributed by atoms with Crippen LogP contribution in [-0.2, 0) is 11.3 Å². The quantitative estimate of drug-likeness (QED) is 0.724. The van der Waals surface area contributed by atoms with E-state index in [2.05, 4.69) is 6.58 Å². The molecule has 0 radical (unpaired) electrons. The number of rotatable bonds is 6. The zero-order valence-corrected chi connectivity index (χ0v) is 13.8. The average molecular weight is 316 g/mol. The minimum atomic E-state index is -0.208. The summed E-state index contributed by atoms with van der Waals surface area (Å²) in [5, 5.41) is 8.94. The largest absolute Gasteiger partial charge is 0.306 e. The maximum absolute atomic E-state index is 12.5. The number of nitrogens with zero attached hydrogens (tertiary/aromatic N) is 2. The third-order valence-electron chi connectivity index (χ3n) is 3.70. The molecule has 0 N–H and O–H groups in total. The molecule has 0 fully saturated rings. The first-order valence-corrected chi connectivity index (χ1v) is 7.77. The molecule has 0 heterocycles. The second-order valence-electron chi connectivity index (χ2n) is 5.40. The molecular formula is C21H20N2O. The van der Waals surface area contributed by atoms with Crippen LogP contribution in [0.1, 0.15) is 24.5 Å². The molecule has 0 saturated heterocycles. The normalized spacial score (nSPS) is 10.8. The van der Waals surface area contributed by atoms with Gasteiger partial charge in [0.1, 0.15) is 6.42 Å². The van der Waals surface area contributed by atoms with Crippen LogP contribution in [0.3, 0.4) is 0 Å². The first kappa shape index (κ1) is 17.2. The van der Waals surface area contributed by atoms with E-state index >= 15 is 0 Å². The van der Waals surface area contributed by atoms with Gasteiger partial charge in [0, 0.05) is 5.56 Å². The van der Waals surface area contributed by atoms with Crippen molar-refractivity contribution >= 4 is 17.2 Å². The predicted octanol–water partition coefficient (Wildman–Crippen LogP) is 4.72. The van der Waals surface area contributed by atoms with Gasteiger partial charge in [0.15, 0.2) is 0 Å². The Hall–Kier alpha value is -3.12. The summed E-state index contributed by atoms with van der Waals surface area (Å²) in [5.74, 6) is -0.208. The number of carbonyl (C=O) groups is 1. The summed E-state index contributed by atoms with van der Waals surface area (Å²) in [5.41, 5.74) is 3.80. The molecule has 1 amide bonds. The number of para-hydroxylation sites is 1. The van der Waals surface area contributed by atoms with Gasteiger partial charge in [0.05, 0.1) is 18.3 Å². The summed E-state index contributed by atoms with van der Waals surface area (Å²) in [7, 11) is 0. The molecule has 0 unspecified atom stereocenters. The Morgan fingerprint density at radius 1 is 1.17 bits per heavy atom. The van der Waals surface area contributed by atoms with Gasteiger partial charge in [-0.25, -0.2) is 0 Å². The van der Waals surface area contributed by atoms with Gasteiger partial charge >= 0.3 is 0 Å². The highest BCUT2D eigenvalue weighted by atomic mass is 16.2. The number of anilines is 1. The van der Waals surface area contributed by atoms with E-state index in [0.29, 0.717) is 6.54 Å². The molecule has 0 bridgehead atoms. The number of amides is 1. The Kier molecular flexibility index (Phi) is 6.10.